The van der Waals surface area contributed by atoms with Crippen molar-refractivity contribution in [2.75, 3.05) is 40.3 Å². The molecule has 1 fully saturated rings. The minimum atomic E-state index is -0.429. The summed E-state index contributed by atoms with van der Waals surface area (Å²) in [7, 11) is 3.40. The van der Waals surface area contributed by atoms with Crippen LogP contribution in [0.3, 0.4) is 0 Å². The average Bonchev–Trinajstić information content (AvgIpc) is 3.50. The van der Waals surface area contributed by atoms with Crippen LogP contribution >= 0.6 is 0 Å². The molecular formula is C22H30N6O4. The number of nitrogens with one attached hydrogen (secondary N) is 2. The third-order valence-corrected chi connectivity index (χ3v) is 5.39. The van der Waals surface area contributed by atoms with Crippen molar-refractivity contribution < 1.29 is 14.1 Å². The normalized spacial score (nSPS) is 15.4. The Kier molecular flexibility index (Phi) is 8.20. The predicted molar refractivity (Wildman–Crippen MR) is 121 cm³/mol. The van der Waals surface area contributed by atoms with Gasteiger partial charge in [-0.05, 0) is 43.6 Å². The summed E-state index contributed by atoms with van der Waals surface area (Å²) in [6.07, 6.45) is 4.00. The van der Waals surface area contributed by atoms with Crippen molar-refractivity contribution >= 4 is 17.6 Å². The number of rotatable bonds is 9. The third-order valence-electron chi connectivity index (χ3n) is 5.39. The van der Waals surface area contributed by atoms with E-state index < -0.39 is 4.92 Å². The molecular weight excluding hydrogens is 412 g/mol. The molecule has 0 bridgehead atoms. The average molecular weight is 443 g/mol. The highest BCUT2D eigenvalue weighted by atomic mass is 16.6. The number of guanidine groups is 1. The lowest BCUT2D eigenvalue weighted by Gasteiger charge is -2.27. The van der Waals surface area contributed by atoms with Crippen molar-refractivity contribution in [3.05, 3.63) is 64.1 Å². The number of hydrogen-bond acceptors (Lipinski definition) is 6. The van der Waals surface area contributed by atoms with E-state index in [9.17, 15) is 14.9 Å². The third kappa shape index (κ3) is 6.55. The minimum absolute atomic E-state index is 0.0395. The standard InChI is InChI=1S/C22H30N6O4/c1-26(2)21(29)16-25-22(23-14-17-7-9-18(10-8-17)28(30)31)24-15-19(20-6-5-13-32-20)27-11-3-4-12-27/h5-10,13,19H,3-4,11-12,14-16H2,1-2H3,(H2,23,24,25). The molecule has 1 aliphatic heterocycles. The van der Waals surface area contributed by atoms with Crippen LogP contribution in [0.1, 0.15) is 30.2 Å². The zero-order valence-corrected chi connectivity index (χ0v) is 18.5. The number of nitrogens with zero attached hydrogens (tertiary/aromatic N) is 4. The van der Waals surface area contributed by atoms with E-state index in [1.54, 1.807) is 32.5 Å². The number of nitro groups is 1. The lowest BCUT2D eigenvalue weighted by molar-refractivity contribution is -0.384. The van der Waals surface area contributed by atoms with E-state index in [1.807, 2.05) is 12.1 Å². The molecule has 1 aromatic carbocycles. The Bertz CT molecular complexity index is 905. The van der Waals surface area contributed by atoms with Gasteiger partial charge in [0.25, 0.3) is 5.69 Å². The maximum absolute atomic E-state index is 12.1. The SMILES string of the molecule is CN(C)C(=O)CNC(=NCc1ccc([N+](=O)[O-])cc1)NCC(c1ccco1)N1CCCC1. The summed E-state index contributed by atoms with van der Waals surface area (Å²) in [6.45, 7) is 3.01. The molecule has 1 amide bonds. The number of likely N-dealkylation sites (N-methyl/N-ethyl adjacent to an activating group) is 1. The lowest BCUT2D eigenvalue weighted by Crippen LogP contribution is -2.45. The number of aliphatic imine (C=N–C) groups is 1. The van der Waals surface area contributed by atoms with Gasteiger partial charge in [-0.25, -0.2) is 4.99 Å². The highest BCUT2D eigenvalue weighted by molar-refractivity contribution is 5.86. The zero-order valence-electron chi connectivity index (χ0n) is 18.5. The monoisotopic (exact) mass is 442 g/mol. The van der Waals surface area contributed by atoms with Gasteiger partial charge in [-0.15, -0.1) is 0 Å². The number of likely N-dealkylation sites (tertiary alicyclic amines) is 1. The summed E-state index contributed by atoms with van der Waals surface area (Å²) in [4.78, 5) is 30.9. The molecule has 172 valence electrons. The fraction of sp³-hybridized carbons (Fsp3) is 0.455. The van der Waals surface area contributed by atoms with Crippen LogP contribution in [-0.4, -0.2) is 66.9 Å². The van der Waals surface area contributed by atoms with Gasteiger partial charge in [0, 0.05) is 32.8 Å². The van der Waals surface area contributed by atoms with Crippen molar-refractivity contribution in [2.45, 2.75) is 25.4 Å². The van der Waals surface area contributed by atoms with Crippen LogP contribution in [0.5, 0.6) is 0 Å². The van der Waals surface area contributed by atoms with Gasteiger partial charge >= 0.3 is 0 Å². The van der Waals surface area contributed by atoms with Gasteiger partial charge in [-0.3, -0.25) is 19.8 Å². The van der Waals surface area contributed by atoms with Crippen molar-refractivity contribution in [1.82, 2.24) is 20.4 Å². The van der Waals surface area contributed by atoms with Crippen LogP contribution < -0.4 is 10.6 Å². The van der Waals surface area contributed by atoms with Crippen LogP contribution in [0, 0.1) is 10.1 Å². The molecule has 10 heteroatoms. The number of furan rings is 1. The molecule has 2 N–H and O–H groups in total. The Labute approximate surface area is 187 Å². The van der Waals surface area contributed by atoms with Crippen LogP contribution in [0.2, 0.25) is 0 Å². The number of amides is 1. The van der Waals surface area contributed by atoms with Crippen LogP contribution in [0.25, 0.3) is 0 Å². The fourth-order valence-corrected chi connectivity index (χ4v) is 3.52. The highest BCUT2D eigenvalue weighted by Gasteiger charge is 2.25. The maximum atomic E-state index is 12.1. The maximum Gasteiger partial charge on any atom is 0.269 e. The quantitative estimate of drug-likeness (QED) is 0.264. The van der Waals surface area contributed by atoms with Crippen molar-refractivity contribution in [2.24, 2.45) is 4.99 Å². The number of hydrogen-bond donors (Lipinski definition) is 2. The molecule has 10 nitrogen and oxygen atoms in total. The number of carbonyl (C=O) groups is 1. The van der Waals surface area contributed by atoms with Crippen molar-refractivity contribution in [3.8, 4) is 0 Å². The van der Waals surface area contributed by atoms with E-state index in [1.165, 1.54) is 17.0 Å². The smallest absolute Gasteiger partial charge is 0.269 e. The Morgan fingerprint density at radius 1 is 1.22 bits per heavy atom. The summed E-state index contributed by atoms with van der Waals surface area (Å²) >= 11 is 0. The molecule has 1 aromatic heterocycles. The largest absolute Gasteiger partial charge is 0.468 e. The Balaban J connectivity index is 1.69. The first kappa shape index (κ1) is 23.3. The molecule has 32 heavy (non-hydrogen) atoms. The Morgan fingerprint density at radius 3 is 2.53 bits per heavy atom. The molecule has 0 aliphatic carbocycles. The van der Waals surface area contributed by atoms with E-state index in [0.29, 0.717) is 19.0 Å². The highest BCUT2D eigenvalue weighted by Crippen LogP contribution is 2.24. The summed E-state index contributed by atoms with van der Waals surface area (Å²) in [5.41, 5.74) is 0.871. The second kappa shape index (κ2) is 11.3. The summed E-state index contributed by atoms with van der Waals surface area (Å²) in [5.74, 6) is 1.31. The van der Waals surface area contributed by atoms with E-state index in [2.05, 4.69) is 20.5 Å². The molecule has 0 saturated carbocycles. The molecule has 0 spiro atoms. The second-order valence-corrected chi connectivity index (χ2v) is 7.89. The second-order valence-electron chi connectivity index (χ2n) is 7.89. The van der Waals surface area contributed by atoms with E-state index >= 15 is 0 Å². The van der Waals surface area contributed by atoms with Gasteiger partial charge in [0.05, 0.1) is 30.3 Å². The first-order valence-corrected chi connectivity index (χ1v) is 10.7. The zero-order chi connectivity index (χ0) is 22.9. The molecule has 3 rings (SSSR count). The lowest BCUT2D eigenvalue weighted by atomic mass is 10.2. The summed E-state index contributed by atoms with van der Waals surface area (Å²) in [5, 5.41) is 17.3. The number of nitro benzene ring substituents is 1. The van der Waals surface area contributed by atoms with E-state index in [0.717, 1.165) is 37.3 Å². The molecule has 1 unspecified atom stereocenters. The molecule has 0 radical (unpaired) electrons. The Hall–Kier alpha value is -3.40. The van der Waals surface area contributed by atoms with Crippen molar-refractivity contribution in [1.29, 1.82) is 0 Å². The fourth-order valence-electron chi connectivity index (χ4n) is 3.52. The van der Waals surface area contributed by atoms with Gasteiger partial charge in [0.1, 0.15) is 5.76 Å². The van der Waals surface area contributed by atoms with Gasteiger partial charge < -0.3 is 20.0 Å². The first-order valence-electron chi connectivity index (χ1n) is 10.7. The molecule has 2 aromatic rings. The minimum Gasteiger partial charge on any atom is -0.468 e. The summed E-state index contributed by atoms with van der Waals surface area (Å²) in [6, 6.07) is 10.2. The molecule has 1 aliphatic rings. The number of benzene rings is 1. The van der Waals surface area contributed by atoms with E-state index in [4.69, 9.17) is 4.42 Å². The first-order chi connectivity index (χ1) is 15.4. The van der Waals surface area contributed by atoms with Crippen LogP contribution in [0.4, 0.5) is 5.69 Å². The molecule has 2 heterocycles. The predicted octanol–water partition coefficient (Wildman–Crippen LogP) is 2.15. The van der Waals surface area contributed by atoms with E-state index in [-0.39, 0.29) is 24.2 Å². The molecule has 1 atom stereocenters. The van der Waals surface area contributed by atoms with Gasteiger partial charge in [0.2, 0.25) is 5.91 Å². The number of non-ortho nitro benzene ring substituents is 1. The summed E-state index contributed by atoms with van der Waals surface area (Å²) < 4.78 is 5.67. The van der Waals surface area contributed by atoms with Gasteiger partial charge in [-0.1, -0.05) is 12.1 Å². The topological polar surface area (TPSA) is 116 Å². The van der Waals surface area contributed by atoms with Crippen LogP contribution in [-0.2, 0) is 11.3 Å². The van der Waals surface area contributed by atoms with Crippen LogP contribution in [0.15, 0.2) is 52.1 Å². The number of carbonyl (C=O) groups excluding carboxylic acids is 1. The Morgan fingerprint density at radius 2 is 1.94 bits per heavy atom. The van der Waals surface area contributed by atoms with Crippen molar-refractivity contribution in [3.63, 3.8) is 0 Å². The molecule has 1 saturated heterocycles. The van der Waals surface area contributed by atoms with Gasteiger partial charge in [0.15, 0.2) is 5.96 Å². The van der Waals surface area contributed by atoms with Gasteiger partial charge in [-0.2, -0.15) is 0 Å².